The Labute approximate surface area is 67.5 Å². The molecule has 0 aliphatic carbocycles. The average molecular weight is 173 g/mol. The second-order valence-electron chi connectivity index (χ2n) is 1.88. The lowest BCUT2D eigenvalue weighted by atomic mass is 10.5. The van der Waals surface area contributed by atoms with Crippen molar-refractivity contribution >= 4 is 17.3 Å². The molecule has 1 heterocycles. The summed E-state index contributed by atoms with van der Waals surface area (Å²) in [5.74, 6) is -0.799. The molecule has 1 rings (SSSR count). The lowest BCUT2D eigenvalue weighted by molar-refractivity contribution is 0.0698. The minimum Gasteiger partial charge on any atom is -0.480 e. The van der Waals surface area contributed by atoms with Gasteiger partial charge >= 0.3 is 5.97 Å². The summed E-state index contributed by atoms with van der Waals surface area (Å²) in [6.07, 6.45) is 0. The minimum atomic E-state index is -0.993. The lowest BCUT2D eigenvalue weighted by Gasteiger charge is -1.92. The minimum absolute atomic E-state index is 0.157. The first-order chi connectivity index (χ1) is 5.15. The second kappa shape index (κ2) is 2.87. The molecule has 0 radical (unpaired) electrons. The molecule has 0 aliphatic heterocycles. The Bertz CT molecular complexity index is 281. The number of carboxylic acids is 1. The van der Waals surface area contributed by atoms with Gasteiger partial charge in [0.2, 0.25) is 5.88 Å². The highest BCUT2D eigenvalue weighted by molar-refractivity contribution is 7.13. The van der Waals surface area contributed by atoms with Crippen LogP contribution < -0.4 is 4.74 Å². The van der Waals surface area contributed by atoms with Crippen LogP contribution in [0.4, 0.5) is 0 Å². The molecular formula is C6H7NO3S. The zero-order chi connectivity index (χ0) is 8.43. The fourth-order valence-corrected chi connectivity index (χ4v) is 1.41. The Morgan fingerprint density at radius 3 is 2.73 bits per heavy atom. The molecule has 0 unspecified atom stereocenters. The Kier molecular flexibility index (Phi) is 2.09. The SMILES string of the molecule is COc1nc(C)sc1C(=O)O. The number of methoxy groups -OCH3 is 1. The van der Waals surface area contributed by atoms with Gasteiger partial charge in [-0.3, -0.25) is 0 Å². The van der Waals surface area contributed by atoms with Gasteiger partial charge in [0, 0.05) is 0 Å². The Morgan fingerprint density at radius 2 is 2.36 bits per heavy atom. The normalized spacial score (nSPS) is 9.64. The van der Waals surface area contributed by atoms with Crippen LogP contribution in [-0.4, -0.2) is 23.2 Å². The van der Waals surface area contributed by atoms with Crippen LogP contribution in [0, 0.1) is 6.92 Å². The number of aryl methyl sites for hydroxylation is 1. The third-order valence-electron chi connectivity index (χ3n) is 1.09. The predicted molar refractivity (Wildman–Crippen MR) is 40.4 cm³/mol. The van der Waals surface area contributed by atoms with E-state index in [1.165, 1.54) is 7.11 Å². The summed E-state index contributed by atoms with van der Waals surface area (Å²) in [6.45, 7) is 1.74. The molecule has 0 atom stereocenters. The maximum Gasteiger partial charge on any atom is 0.351 e. The van der Waals surface area contributed by atoms with Crippen LogP contribution in [0.15, 0.2) is 0 Å². The zero-order valence-electron chi connectivity index (χ0n) is 6.12. The van der Waals surface area contributed by atoms with Crippen molar-refractivity contribution in [3.63, 3.8) is 0 Å². The van der Waals surface area contributed by atoms with Crippen LogP contribution in [0.1, 0.15) is 14.7 Å². The zero-order valence-corrected chi connectivity index (χ0v) is 6.94. The van der Waals surface area contributed by atoms with E-state index in [4.69, 9.17) is 9.84 Å². The van der Waals surface area contributed by atoms with E-state index < -0.39 is 5.97 Å². The first-order valence-corrected chi connectivity index (χ1v) is 3.71. The van der Waals surface area contributed by atoms with E-state index in [2.05, 4.69) is 4.98 Å². The standard InChI is InChI=1S/C6H7NO3S/c1-3-7-5(10-2)4(11-3)6(8)9/h1-2H3,(H,8,9). The highest BCUT2D eigenvalue weighted by Gasteiger charge is 2.15. The number of hydrogen-bond acceptors (Lipinski definition) is 4. The molecule has 0 aliphatic rings. The molecule has 0 fully saturated rings. The highest BCUT2D eigenvalue weighted by Crippen LogP contribution is 2.23. The summed E-state index contributed by atoms with van der Waals surface area (Å²) < 4.78 is 4.75. The number of hydrogen-bond donors (Lipinski definition) is 1. The van der Waals surface area contributed by atoms with Gasteiger partial charge < -0.3 is 9.84 Å². The number of carboxylic acid groups (broad SMARTS) is 1. The van der Waals surface area contributed by atoms with Crippen LogP contribution in [0.3, 0.4) is 0 Å². The molecule has 0 saturated heterocycles. The van der Waals surface area contributed by atoms with E-state index in [0.717, 1.165) is 11.3 Å². The van der Waals surface area contributed by atoms with Gasteiger partial charge in [-0.1, -0.05) is 0 Å². The molecule has 0 spiro atoms. The molecule has 1 aromatic rings. The molecule has 1 aromatic heterocycles. The molecule has 0 bridgehead atoms. The second-order valence-corrected chi connectivity index (χ2v) is 3.08. The number of thiazole rings is 1. The topological polar surface area (TPSA) is 59.4 Å². The number of nitrogens with zero attached hydrogens (tertiary/aromatic N) is 1. The van der Waals surface area contributed by atoms with Gasteiger partial charge in [-0.05, 0) is 6.92 Å². The Balaban J connectivity index is 3.12. The van der Waals surface area contributed by atoms with Crippen LogP contribution in [0.25, 0.3) is 0 Å². The van der Waals surface area contributed by atoms with Gasteiger partial charge in [0.1, 0.15) is 0 Å². The smallest absolute Gasteiger partial charge is 0.351 e. The number of rotatable bonds is 2. The quantitative estimate of drug-likeness (QED) is 0.729. The van der Waals surface area contributed by atoms with Gasteiger partial charge in [0.25, 0.3) is 0 Å². The van der Waals surface area contributed by atoms with E-state index in [1.807, 2.05) is 0 Å². The van der Waals surface area contributed by atoms with Gasteiger partial charge in [0.15, 0.2) is 4.88 Å². The highest BCUT2D eigenvalue weighted by atomic mass is 32.1. The van der Waals surface area contributed by atoms with Crippen molar-refractivity contribution in [1.29, 1.82) is 0 Å². The average Bonchev–Trinajstić information content (AvgIpc) is 2.30. The fourth-order valence-electron chi connectivity index (χ4n) is 0.681. The molecule has 4 nitrogen and oxygen atoms in total. The van der Waals surface area contributed by atoms with Crippen molar-refractivity contribution in [2.45, 2.75) is 6.92 Å². The predicted octanol–water partition coefficient (Wildman–Crippen LogP) is 1.16. The van der Waals surface area contributed by atoms with E-state index in [9.17, 15) is 4.79 Å². The number of aromatic nitrogens is 1. The molecule has 1 N–H and O–H groups in total. The van der Waals surface area contributed by atoms with E-state index in [-0.39, 0.29) is 10.8 Å². The van der Waals surface area contributed by atoms with Crippen molar-refractivity contribution in [2.24, 2.45) is 0 Å². The molecule has 0 saturated carbocycles. The van der Waals surface area contributed by atoms with Crippen LogP contribution in [-0.2, 0) is 0 Å². The molecule has 0 amide bonds. The van der Waals surface area contributed by atoms with Gasteiger partial charge in [-0.25, -0.2) is 9.78 Å². The summed E-state index contributed by atoms with van der Waals surface area (Å²) in [5, 5.41) is 9.29. The summed E-state index contributed by atoms with van der Waals surface area (Å²) in [5.41, 5.74) is 0. The maximum absolute atomic E-state index is 10.5. The lowest BCUT2D eigenvalue weighted by Crippen LogP contribution is -1.95. The fraction of sp³-hybridized carbons (Fsp3) is 0.333. The van der Waals surface area contributed by atoms with Gasteiger partial charge in [0.05, 0.1) is 12.1 Å². The van der Waals surface area contributed by atoms with Crippen molar-refractivity contribution in [3.8, 4) is 5.88 Å². The molecule has 11 heavy (non-hydrogen) atoms. The van der Waals surface area contributed by atoms with E-state index in [1.54, 1.807) is 6.92 Å². The molecular weight excluding hydrogens is 166 g/mol. The van der Waals surface area contributed by atoms with Crippen LogP contribution in [0.5, 0.6) is 5.88 Å². The number of aromatic carboxylic acids is 1. The first-order valence-electron chi connectivity index (χ1n) is 2.90. The van der Waals surface area contributed by atoms with Gasteiger partial charge in [-0.15, -0.1) is 11.3 Å². The third kappa shape index (κ3) is 1.48. The third-order valence-corrected chi connectivity index (χ3v) is 2.03. The van der Waals surface area contributed by atoms with Crippen LogP contribution >= 0.6 is 11.3 Å². The first kappa shape index (κ1) is 8.00. The van der Waals surface area contributed by atoms with Crippen molar-refractivity contribution < 1.29 is 14.6 Å². The maximum atomic E-state index is 10.5. The monoisotopic (exact) mass is 173 g/mol. The summed E-state index contributed by atoms with van der Waals surface area (Å²) in [7, 11) is 1.40. The van der Waals surface area contributed by atoms with E-state index in [0.29, 0.717) is 5.01 Å². The Hall–Kier alpha value is -1.10. The number of ether oxygens (including phenoxy) is 1. The van der Waals surface area contributed by atoms with Crippen LogP contribution in [0.2, 0.25) is 0 Å². The van der Waals surface area contributed by atoms with E-state index >= 15 is 0 Å². The summed E-state index contributed by atoms with van der Waals surface area (Å²) in [6, 6.07) is 0. The largest absolute Gasteiger partial charge is 0.480 e. The van der Waals surface area contributed by atoms with Crippen molar-refractivity contribution in [3.05, 3.63) is 9.88 Å². The summed E-state index contributed by atoms with van der Waals surface area (Å²) >= 11 is 1.11. The molecule has 0 aromatic carbocycles. The Morgan fingerprint density at radius 1 is 1.73 bits per heavy atom. The number of carbonyl (C=O) groups is 1. The van der Waals surface area contributed by atoms with Gasteiger partial charge in [-0.2, -0.15) is 0 Å². The molecule has 5 heteroatoms. The van der Waals surface area contributed by atoms with Crippen molar-refractivity contribution in [2.75, 3.05) is 7.11 Å². The summed E-state index contributed by atoms with van der Waals surface area (Å²) in [4.78, 5) is 14.5. The van der Waals surface area contributed by atoms with Crippen molar-refractivity contribution in [1.82, 2.24) is 4.98 Å². The molecule has 60 valence electrons.